The summed E-state index contributed by atoms with van der Waals surface area (Å²) in [6.07, 6.45) is 2.22. The van der Waals surface area contributed by atoms with Gasteiger partial charge in [-0.2, -0.15) is 4.68 Å². The van der Waals surface area contributed by atoms with E-state index in [1.165, 1.54) is 0 Å². The third-order valence-electron chi connectivity index (χ3n) is 3.15. The molecule has 1 aromatic carbocycles. The molecule has 0 radical (unpaired) electrons. The topological polar surface area (TPSA) is 71.3 Å². The summed E-state index contributed by atoms with van der Waals surface area (Å²) in [4.78, 5) is 0. The molecule has 2 aromatic rings. The first-order chi connectivity index (χ1) is 10.7. The molecular formula is C14H18N4O3S. The highest BCUT2D eigenvalue weighted by Crippen LogP contribution is 2.29. The van der Waals surface area contributed by atoms with Crippen molar-refractivity contribution >= 4 is 17.3 Å². The van der Waals surface area contributed by atoms with Gasteiger partial charge < -0.3 is 14.2 Å². The lowest BCUT2D eigenvalue weighted by Crippen LogP contribution is -2.05. The number of aromatic nitrogens is 4. The van der Waals surface area contributed by atoms with Crippen LogP contribution in [0.2, 0.25) is 0 Å². The summed E-state index contributed by atoms with van der Waals surface area (Å²) in [5.74, 6) is 2.04. The van der Waals surface area contributed by atoms with Crippen molar-refractivity contribution in [3.05, 3.63) is 24.0 Å². The predicted molar refractivity (Wildman–Crippen MR) is 84.8 cm³/mol. The number of ether oxygens (including phenoxy) is 3. The quantitative estimate of drug-likeness (QED) is 0.722. The van der Waals surface area contributed by atoms with Crippen molar-refractivity contribution in [2.24, 2.45) is 0 Å². The first-order valence-electron chi connectivity index (χ1n) is 6.76. The molecule has 118 valence electrons. The van der Waals surface area contributed by atoms with Crippen molar-refractivity contribution < 1.29 is 14.2 Å². The van der Waals surface area contributed by atoms with Crippen LogP contribution in [-0.4, -0.2) is 46.6 Å². The zero-order valence-electron chi connectivity index (χ0n) is 12.8. The first kappa shape index (κ1) is 16.2. The molecule has 0 fully saturated rings. The average Bonchev–Trinajstić information content (AvgIpc) is 3.02. The van der Waals surface area contributed by atoms with Gasteiger partial charge >= 0.3 is 0 Å². The Labute approximate surface area is 134 Å². The Morgan fingerprint density at radius 1 is 1.18 bits per heavy atom. The fraction of sp³-hybridized carbons (Fsp3) is 0.429. The maximum Gasteiger partial charge on any atom is 0.162 e. The highest BCUT2D eigenvalue weighted by atomic mass is 32.1. The van der Waals surface area contributed by atoms with Gasteiger partial charge in [0.25, 0.3) is 0 Å². The molecule has 7 nitrogen and oxygen atoms in total. The lowest BCUT2D eigenvalue weighted by atomic mass is 10.2. The van der Waals surface area contributed by atoms with E-state index in [9.17, 15) is 0 Å². The Balaban J connectivity index is 2.16. The lowest BCUT2D eigenvalue weighted by molar-refractivity contribution is 0.354. The second kappa shape index (κ2) is 7.69. The van der Waals surface area contributed by atoms with Gasteiger partial charge in [0.15, 0.2) is 22.4 Å². The maximum absolute atomic E-state index is 5.30. The molecule has 0 bridgehead atoms. The van der Waals surface area contributed by atoms with Gasteiger partial charge in [-0.05, 0) is 41.2 Å². The van der Waals surface area contributed by atoms with Crippen LogP contribution >= 0.6 is 12.2 Å². The third kappa shape index (κ3) is 3.70. The van der Waals surface area contributed by atoms with Gasteiger partial charge in [-0.25, -0.2) is 0 Å². The number of benzene rings is 1. The Morgan fingerprint density at radius 3 is 2.64 bits per heavy atom. The van der Waals surface area contributed by atoms with Gasteiger partial charge in [0.1, 0.15) is 0 Å². The van der Waals surface area contributed by atoms with Crippen LogP contribution in [0.1, 0.15) is 18.7 Å². The Hall–Kier alpha value is -2.22. The van der Waals surface area contributed by atoms with E-state index in [1.807, 2.05) is 18.2 Å². The monoisotopic (exact) mass is 322 g/mol. The second-order valence-electron chi connectivity index (χ2n) is 4.48. The van der Waals surface area contributed by atoms with E-state index in [0.29, 0.717) is 29.4 Å². The maximum atomic E-state index is 5.30. The Bertz CT molecular complexity index is 645. The van der Waals surface area contributed by atoms with E-state index >= 15 is 0 Å². The minimum atomic E-state index is 0.588. The van der Waals surface area contributed by atoms with Crippen molar-refractivity contribution in [2.45, 2.75) is 19.3 Å². The normalized spacial score (nSPS) is 10.3. The first-order valence-corrected chi connectivity index (χ1v) is 7.17. The number of thiocarbonyl (C=S) groups is 1. The largest absolute Gasteiger partial charge is 0.493 e. The Kier molecular flexibility index (Phi) is 5.65. The number of rotatable bonds is 7. The lowest BCUT2D eigenvalue weighted by Gasteiger charge is -2.10. The fourth-order valence-corrected chi connectivity index (χ4v) is 2.16. The number of tetrazole rings is 1. The fourth-order valence-electron chi connectivity index (χ4n) is 2.01. The van der Waals surface area contributed by atoms with Gasteiger partial charge in [-0.3, -0.25) is 0 Å². The molecule has 1 heterocycles. The zero-order chi connectivity index (χ0) is 15.9. The predicted octanol–water partition coefficient (Wildman–Crippen LogP) is 1.98. The summed E-state index contributed by atoms with van der Waals surface area (Å²) in [6.45, 7) is 0. The second-order valence-corrected chi connectivity index (χ2v) is 4.93. The SMILES string of the molecule is COC(=S)CCCc1nnnn1-c1ccc(OC)c(OC)c1. The molecule has 0 N–H and O–H groups in total. The number of hydrogen-bond donors (Lipinski definition) is 0. The van der Waals surface area contributed by atoms with Gasteiger partial charge in [0.2, 0.25) is 0 Å². The van der Waals surface area contributed by atoms with Crippen LogP contribution in [0, 0.1) is 0 Å². The summed E-state index contributed by atoms with van der Waals surface area (Å²) in [7, 11) is 4.77. The summed E-state index contributed by atoms with van der Waals surface area (Å²) in [5, 5.41) is 12.4. The minimum absolute atomic E-state index is 0.588. The van der Waals surface area contributed by atoms with Crippen LogP contribution in [0.4, 0.5) is 0 Å². The molecule has 0 unspecified atom stereocenters. The van der Waals surface area contributed by atoms with Crippen molar-refractivity contribution in [3.8, 4) is 17.2 Å². The number of hydrogen-bond acceptors (Lipinski definition) is 7. The molecule has 0 amide bonds. The standard InChI is InChI=1S/C14H18N4O3S/c1-19-11-8-7-10(9-12(11)20-2)18-13(15-16-17-18)5-4-6-14(22)21-3/h7-9H,4-6H2,1-3H3. The van der Waals surface area contributed by atoms with E-state index in [2.05, 4.69) is 15.5 Å². The molecule has 0 saturated carbocycles. The third-order valence-corrected chi connectivity index (χ3v) is 3.53. The summed E-state index contributed by atoms with van der Waals surface area (Å²) in [5.41, 5.74) is 0.812. The van der Waals surface area contributed by atoms with Gasteiger partial charge in [-0.1, -0.05) is 0 Å². The van der Waals surface area contributed by atoms with Crippen LogP contribution in [0.5, 0.6) is 11.5 Å². The Morgan fingerprint density at radius 2 is 1.95 bits per heavy atom. The molecule has 0 aliphatic carbocycles. The summed E-state index contributed by atoms with van der Waals surface area (Å²) in [6, 6.07) is 5.53. The molecule has 0 saturated heterocycles. The van der Waals surface area contributed by atoms with Crippen LogP contribution in [0.15, 0.2) is 18.2 Å². The zero-order valence-corrected chi connectivity index (χ0v) is 13.6. The number of nitrogens with zero attached hydrogens (tertiary/aromatic N) is 4. The van der Waals surface area contributed by atoms with E-state index in [-0.39, 0.29) is 0 Å². The average molecular weight is 322 g/mol. The van der Waals surface area contributed by atoms with Gasteiger partial charge in [-0.15, -0.1) is 5.10 Å². The number of aryl methyl sites for hydroxylation is 1. The molecule has 2 rings (SSSR count). The molecule has 0 aliphatic rings. The van der Waals surface area contributed by atoms with E-state index < -0.39 is 0 Å². The van der Waals surface area contributed by atoms with Crippen LogP contribution in [0.3, 0.4) is 0 Å². The smallest absolute Gasteiger partial charge is 0.162 e. The molecule has 8 heteroatoms. The number of methoxy groups -OCH3 is 3. The van der Waals surface area contributed by atoms with Crippen LogP contribution in [-0.2, 0) is 11.2 Å². The summed E-state index contributed by atoms with van der Waals surface area (Å²) < 4.78 is 17.2. The molecule has 0 spiro atoms. The van der Waals surface area contributed by atoms with Crippen molar-refractivity contribution in [2.75, 3.05) is 21.3 Å². The van der Waals surface area contributed by atoms with Crippen molar-refractivity contribution in [3.63, 3.8) is 0 Å². The van der Waals surface area contributed by atoms with E-state index in [4.69, 9.17) is 26.4 Å². The van der Waals surface area contributed by atoms with E-state index in [0.717, 1.165) is 17.9 Å². The summed E-state index contributed by atoms with van der Waals surface area (Å²) >= 11 is 5.03. The molecule has 0 aliphatic heterocycles. The van der Waals surface area contributed by atoms with E-state index in [1.54, 1.807) is 26.0 Å². The molecule has 22 heavy (non-hydrogen) atoms. The highest BCUT2D eigenvalue weighted by Gasteiger charge is 2.12. The molecule has 0 atom stereocenters. The molecular weight excluding hydrogens is 304 g/mol. The van der Waals surface area contributed by atoms with Gasteiger partial charge in [0.05, 0.1) is 27.0 Å². The minimum Gasteiger partial charge on any atom is -0.493 e. The van der Waals surface area contributed by atoms with Crippen molar-refractivity contribution in [1.82, 2.24) is 20.2 Å². The van der Waals surface area contributed by atoms with Crippen LogP contribution in [0.25, 0.3) is 5.69 Å². The van der Waals surface area contributed by atoms with Crippen molar-refractivity contribution in [1.29, 1.82) is 0 Å². The van der Waals surface area contributed by atoms with Crippen LogP contribution < -0.4 is 9.47 Å². The van der Waals surface area contributed by atoms with Gasteiger partial charge in [0, 0.05) is 18.9 Å². The molecule has 1 aromatic heterocycles. The highest BCUT2D eigenvalue weighted by molar-refractivity contribution is 7.80.